The van der Waals surface area contributed by atoms with Crippen LogP contribution >= 0.6 is 31.9 Å². The zero-order valence-corrected chi connectivity index (χ0v) is 11.2. The molecule has 0 amide bonds. The molecule has 0 aliphatic carbocycles. The van der Waals surface area contributed by atoms with E-state index in [0.717, 1.165) is 15.7 Å². The molecule has 0 saturated carbocycles. The van der Waals surface area contributed by atoms with E-state index in [1.54, 1.807) is 6.92 Å². The summed E-state index contributed by atoms with van der Waals surface area (Å²) in [6.07, 6.45) is 0. The number of H-pyrrole nitrogens is 1. The first kappa shape index (κ1) is 11.8. The fraction of sp³-hybridized carbons (Fsp3) is 0.444. The Balaban J connectivity index is 3.04. The van der Waals surface area contributed by atoms with Crippen molar-refractivity contribution in [2.24, 2.45) is 0 Å². The van der Waals surface area contributed by atoms with Crippen LogP contribution in [0.1, 0.15) is 28.7 Å². The van der Waals surface area contributed by atoms with Gasteiger partial charge in [-0.1, -0.05) is 15.9 Å². The van der Waals surface area contributed by atoms with Crippen LogP contribution in [-0.4, -0.2) is 17.6 Å². The van der Waals surface area contributed by atoms with E-state index >= 15 is 0 Å². The molecule has 0 unspecified atom stereocenters. The lowest BCUT2D eigenvalue weighted by Crippen LogP contribution is -2.06. The van der Waals surface area contributed by atoms with Crippen LogP contribution in [0.2, 0.25) is 0 Å². The Morgan fingerprint density at radius 2 is 2.21 bits per heavy atom. The Kier molecular flexibility index (Phi) is 4.19. The van der Waals surface area contributed by atoms with Crippen molar-refractivity contribution < 1.29 is 9.53 Å². The quantitative estimate of drug-likeness (QED) is 0.685. The van der Waals surface area contributed by atoms with Crippen molar-refractivity contribution in [3.63, 3.8) is 0 Å². The molecule has 78 valence electrons. The monoisotopic (exact) mass is 323 g/mol. The minimum absolute atomic E-state index is 0.307. The van der Waals surface area contributed by atoms with Crippen LogP contribution in [0.4, 0.5) is 0 Å². The van der Waals surface area contributed by atoms with Gasteiger partial charge in [0.25, 0.3) is 0 Å². The maximum absolute atomic E-state index is 11.5. The molecule has 0 spiro atoms. The molecule has 0 bridgehead atoms. The van der Waals surface area contributed by atoms with Gasteiger partial charge in [0.1, 0.15) is 5.69 Å². The van der Waals surface area contributed by atoms with Crippen molar-refractivity contribution in [2.75, 3.05) is 6.61 Å². The first-order valence-electron chi connectivity index (χ1n) is 4.21. The molecule has 0 fully saturated rings. The van der Waals surface area contributed by atoms with Crippen LogP contribution in [0, 0.1) is 6.92 Å². The Morgan fingerprint density at radius 1 is 1.57 bits per heavy atom. The molecule has 0 aliphatic heterocycles. The summed E-state index contributed by atoms with van der Waals surface area (Å²) in [4.78, 5) is 14.5. The van der Waals surface area contributed by atoms with E-state index in [4.69, 9.17) is 4.74 Å². The summed E-state index contributed by atoms with van der Waals surface area (Å²) in [6, 6.07) is 0. The average molecular weight is 325 g/mol. The summed E-state index contributed by atoms with van der Waals surface area (Å²) >= 11 is 6.74. The van der Waals surface area contributed by atoms with Crippen LogP contribution in [0.25, 0.3) is 0 Å². The van der Waals surface area contributed by atoms with Crippen LogP contribution in [0.15, 0.2) is 4.47 Å². The third-order valence-corrected chi connectivity index (χ3v) is 3.49. The van der Waals surface area contributed by atoms with Crippen molar-refractivity contribution in [3.8, 4) is 0 Å². The third-order valence-electron chi connectivity index (χ3n) is 1.86. The van der Waals surface area contributed by atoms with E-state index in [-0.39, 0.29) is 5.97 Å². The van der Waals surface area contributed by atoms with Gasteiger partial charge in [-0.3, -0.25) is 0 Å². The van der Waals surface area contributed by atoms with Gasteiger partial charge in [-0.15, -0.1) is 0 Å². The first-order valence-corrected chi connectivity index (χ1v) is 6.13. The van der Waals surface area contributed by atoms with E-state index in [9.17, 15) is 4.79 Å². The predicted molar refractivity (Wildman–Crippen MR) is 61.8 cm³/mol. The van der Waals surface area contributed by atoms with Gasteiger partial charge < -0.3 is 9.72 Å². The largest absolute Gasteiger partial charge is 0.461 e. The van der Waals surface area contributed by atoms with Gasteiger partial charge >= 0.3 is 5.97 Å². The van der Waals surface area contributed by atoms with E-state index in [2.05, 4.69) is 36.8 Å². The number of nitrogens with one attached hydrogen (secondary N) is 1. The molecule has 14 heavy (non-hydrogen) atoms. The normalized spacial score (nSPS) is 10.3. The molecule has 1 rings (SSSR count). The smallest absolute Gasteiger partial charge is 0.355 e. The molecular formula is C9H11Br2NO2. The summed E-state index contributed by atoms with van der Waals surface area (Å²) in [7, 11) is 0. The van der Waals surface area contributed by atoms with Gasteiger partial charge in [0.05, 0.1) is 6.61 Å². The fourth-order valence-corrected chi connectivity index (χ4v) is 2.37. The molecule has 1 N–H and O–H groups in total. The molecule has 0 aromatic carbocycles. The molecule has 1 aromatic heterocycles. The Labute approximate surface area is 99.5 Å². The van der Waals surface area contributed by atoms with E-state index in [1.807, 2.05) is 6.92 Å². The maximum atomic E-state index is 11.5. The van der Waals surface area contributed by atoms with Gasteiger partial charge in [-0.2, -0.15) is 0 Å². The van der Waals surface area contributed by atoms with E-state index < -0.39 is 0 Å². The summed E-state index contributed by atoms with van der Waals surface area (Å²) in [5, 5.41) is 0.674. The molecule has 0 atom stereocenters. The highest BCUT2D eigenvalue weighted by molar-refractivity contribution is 9.10. The average Bonchev–Trinajstić information content (AvgIpc) is 2.44. The van der Waals surface area contributed by atoms with Gasteiger partial charge in [-0.05, 0) is 35.3 Å². The highest BCUT2D eigenvalue weighted by atomic mass is 79.9. The number of alkyl halides is 1. The Bertz CT molecular complexity index is 347. The van der Waals surface area contributed by atoms with Gasteiger partial charge in [0.2, 0.25) is 0 Å². The van der Waals surface area contributed by atoms with Crippen molar-refractivity contribution >= 4 is 37.8 Å². The topological polar surface area (TPSA) is 42.1 Å². The van der Waals surface area contributed by atoms with Gasteiger partial charge in [-0.25, -0.2) is 4.79 Å². The molecule has 0 saturated heterocycles. The van der Waals surface area contributed by atoms with Crippen molar-refractivity contribution in [1.29, 1.82) is 0 Å². The highest BCUT2D eigenvalue weighted by Gasteiger charge is 2.17. The highest BCUT2D eigenvalue weighted by Crippen LogP contribution is 2.26. The predicted octanol–water partition coefficient (Wildman–Crippen LogP) is 3.16. The molecular weight excluding hydrogens is 314 g/mol. The second-order valence-corrected chi connectivity index (χ2v) is 4.13. The molecule has 5 heteroatoms. The molecule has 1 aromatic rings. The van der Waals surface area contributed by atoms with Crippen LogP contribution < -0.4 is 0 Å². The van der Waals surface area contributed by atoms with E-state index in [1.165, 1.54) is 0 Å². The lowest BCUT2D eigenvalue weighted by molar-refractivity contribution is 0.0519. The minimum Gasteiger partial charge on any atom is -0.461 e. The summed E-state index contributed by atoms with van der Waals surface area (Å²) in [5.41, 5.74) is 2.36. The lowest BCUT2D eigenvalue weighted by Gasteiger charge is -1.99. The van der Waals surface area contributed by atoms with Crippen molar-refractivity contribution in [1.82, 2.24) is 4.98 Å². The number of esters is 1. The van der Waals surface area contributed by atoms with E-state index in [0.29, 0.717) is 17.6 Å². The molecule has 0 radical (unpaired) electrons. The van der Waals surface area contributed by atoms with Crippen molar-refractivity contribution in [3.05, 3.63) is 21.4 Å². The van der Waals surface area contributed by atoms with Crippen LogP contribution in [-0.2, 0) is 10.1 Å². The van der Waals surface area contributed by atoms with Crippen molar-refractivity contribution in [2.45, 2.75) is 19.2 Å². The number of aromatic amines is 1. The summed E-state index contributed by atoms with van der Waals surface area (Å²) in [6.45, 7) is 4.05. The van der Waals surface area contributed by atoms with Gasteiger partial charge in [0.15, 0.2) is 0 Å². The zero-order valence-electron chi connectivity index (χ0n) is 7.99. The minimum atomic E-state index is -0.307. The standard InChI is InChI=1S/C9H11Br2NO2/c1-3-14-9(13)8-5(2)7(11)6(4-10)12-8/h12H,3-4H2,1-2H3. The fourth-order valence-electron chi connectivity index (χ4n) is 1.14. The third kappa shape index (κ3) is 2.20. The lowest BCUT2D eigenvalue weighted by atomic mass is 10.2. The van der Waals surface area contributed by atoms with Crippen LogP contribution in [0.3, 0.4) is 0 Å². The Hall–Kier alpha value is -0.290. The number of hydrogen-bond acceptors (Lipinski definition) is 2. The number of carbonyl (C=O) groups is 1. The second kappa shape index (κ2) is 4.98. The number of ether oxygens (including phenoxy) is 1. The number of hydrogen-bond donors (Lipinski definition) is 1. The molecule has 0 aliphatic rings. The second-order valence-electron chi connectivity index (χ2n) is 2.77. The molecule has 1 heterocycles. The summed E-state index contributed by atoms with van der Waals surface area (Å²) < 4.78 is 5.84. The Morgan fingerprint density at radius 3 is 2.64 bits per heavy atom. The first-order chi connectivity index (χ1) is 6.61. The van der Waals surface area contributed by atoms with Crippen LogP contribution in [0.5, 0.6) is 0 Å². The SMILES string of the molecule is CCOC(=O)c1[nH]c(CBr)c(Br)c1C. The zero-order chi connectivity index (χ0) is 10.7. The number of rotatable bonds is 3. The maximum Gasteiger partial charge on any atom is 0.355 e. The summed E-state index contributed by atoms with van der Waals surface area (Å²) in [5.74, 6) is -0.307. The number of aromatic nitrogens is 1. The number of halogens is 2. The van der Waals surface area contributed by atoms with Gasteiger partial charge in [0, 0.05) is 15.5 Å². The molecule has 3 nitrogen and oxygen atoms in total. The number of carbonyl (C=O) groups excluding carboxylic acids is 1.